The molecule has 0 saturated carbocycles. The second-order valence-corrected chi connectivity index (χ2v) is 9.68. The number of rotatable bonds is 10. The van der Waals surface area contributed by atoms with Crippen LogP contribution in [0.3, 0.4) is 0 Å². The number of nitrogens with zero attached hydrogens (tertiary/aromatic N) is 2. The third-order valence-corrected chi connectivity index (χ3v) is 6.21. The van der Waals surface area contributed by atoms with Crippen LogP contribution in [-0.2, 0) is 28.5 Å². The molecule has 208 valence electrons. The van der Waals surface area contributed by atoms with E-state index in [1.54, 1.807) is 27.7 Å². The van der Waals surface area contributed by atoms with Crippen LogP contribution in [0, 0.1) is 32.1 Å². The van der Waals surface area contributed by atoms with Crippen molar-refractivity contribution < 1.29 is 43.2 Å². The molecule has 13 heteroatoms. The lowest BCUT2D eigenvalue weighted by molar-refractivity contribution is -0.419. The summed E-state index contributed by atoms with van der Waals surface area (Å²) < 4.78 is 22.2. The predicted octanol–water partition coefficient (Wildman–Crippen LogP) is 4.03. The Labute approximate surface area is 219 Å². The van der Waals surface area contributed by atoms with Crippen LogP contribution in [0.15, 0.2) is 47.9 Å². The minimum Gasteiger partial charge on any atom is -0.458 e. The van der Waals surface area contributed by atoms with Crippen LogP contribution >= 0.6 is 0 Å². The minimum absolute atomic E-state index is 0.201. The van der Waals surface area contributed by atoms with Crippen molar-refractivity contribution in [3.63, 3.8) is 0 Å². The molecule has 0 N–H and O–H groups in total. The molecule has 0 heterocycles. The van der Waals surface area contributed by atoms with E-state index in [0.717, 1.165) is 12.2 Å². The fourth-order valence-electron chi connectivity index (χ4n) is 3.60. The molecule has 38 heavy (non-hydrogen) atoms. The zero-order valence-corrected chi connectivity index (χ0v) is 22.1. The summed E-state index contributed by atoms with van der Waals surface area (Å²) in [4.78, 5) is 58.8. The summed E-state index contributed by atoms with van der Waals surface area (Å²) in [7, 11) is 0. The van der Waals surface area contributed by atoms with Gasteiger partial charge in [0, 0.05) is 25.0 Å². The summed E-state index contributed by atoms with van der Waals surface area (Å²) in [6.07, 6.45) is 3.41. The first-order valence-corrected chi connectivity index (χ1v) is 12.0. The first-order chi connectivity index (χ1) is 17.6. The fraction of sp³-hybridized carbons (Fsp3) is 0.560. The normalized spacial score (nSPS) is 24.1. The van der Waals surface area contributed by atoms with Crippen LogP contribution in [0.2, 0.25) is 0 Å². The van der Waals surface area contributed by atoms with Crippen LogP contribution in [0.5, 0.6) is 0 Å². The highest BCUT2D eigenvalue weighted by Gasteiger charge is 2.47. The molecular formula is C25H32N2O11. The Kier molecular flexibility index (Phi) is 9.54. The molecule has 2 aliphatic rings. The van der Waals surface area contributed by atoms with Gasteiger partial charge in [-0.2, -0.15) is 0 Å². The van der Waals surface area contributed by atoms with Crippen molar-refractivity contribution in [2.75, 3.05) is 0 Å². The molecule has 0 fully saturated rings. The molecule has 0 aromatic rings. The van der Waals surface area contributed by atoms with Crippen molar-refractivity contribution in [3.8, 4) is 0 Å². The number of carbonyl (C=O) groups is 3. The highest BCUT2D eigenvalue weighted by atomic mass is 16.8. The van der Waals surface area contributed by atoms with Gasteiger partial charge in [0.25, 0.3) is 11.4 Å². The number of esters is 2. The third-order valence-electron chi connectivity index (χ3n) is 6.21. The highest BCUT2D eigenvalue weighted by Crippen LogP contribution is 2.35. The van der Waals surface area contributed by atoms with Gasteiger partial charge in [0.1, 0.15) is 12.2 Å². The van der Waals surface area contributed by atoms with E-state index in [4.69, 9.17) is 18.9 Å². The Morgan fingerprint density at radius 1 is 0.737 bits per heavy atom. The summed E-state index contributed by atoms with van der Waals surface area (Å²) in [5, 5.41) is 22.4. The largest absolute Gasteiger partial charge is 0.510 e. The van der Waals surface area contributed by atoms with E-state index in [1.807, 2.05) is 0 Å². The van der Waals surface area contributed by atoms with E-state index in [0.29, 0.717) is 0 Å². The molecule has 0 aliphatic heterocycles. The summed E-state index contributed by atoms with van der Waals surface area (Å²) >= 11 is 0. The van der Waals surface area contributed by atoms with Gasteiger partial charge < -0.3 is 18.9 Å². The van der Waals surface area contributed by atoms with Gasteiger partial charge in [0.15, 0.2) is 11.2 Å². The molecule has 4 unspecified atom stereocenters. The zero-order valence-electron chi connectivity index (χ0n) is 22.1. The summed E-state index contributed by atoms with van der Waals surface area (Å²) in [5.74, 6) is -2.14. The van der Waals surface area contributed by atoms with E-state index < -0.39 is 63.2 Å². The lowest BCUT2D eigenvalue weighted by Gasteiger charge is -2.39. The lowest BCUT2D eigenvalue weighted by Crippen LogP contribution is -2.50. The second-order valence-electron chi connectivity index (χ2n) is 9.68. The third kappa shape index (κ3) is 7.05. The molecule has 2 aliphatic carbocycles. The van der Waals surface area contributed by atoms with Crippen LogP contribution in [0.4, 0.5) is 4.79 Å². The molecule has 0 bridgehead atoms. The van der Waals surface area contributed by atoms with Crippen molar-refractivity contribution in [1.82, 2.24) is 0 Å². The van der Waals surface area contributed by atoms with Crippen LogP contribution < -0.4 is 0 Å². The molecule has 2 rings (SSSR count). The zero-order chi connectivity index (χ0) is 28.8. The van der Waals surface area contributed by atoms with E-state index in [9.17, 15) is 34.6 Å². The Bertz CT molecular complexity index is 1020. The summed E-state index contributed by atoms with van der Waals surface area (Å²) in [6.45, 7) is 9.40. The van der Waals surface area contributed by atoms with Crippen LogP contribution in [-0.4, -0.2) is 51.4 Å². The molecule has 0 radical (unpaired) electrons. The van der Waals surface area contributed by atoms with Crippen molar-refractivity contribution in [2.24, 2.45) is 11.8 Å². The molecule has 0 spiro atoms. The average molecular weight is 537 g/mol. The van der Waals surface area contributed by atoms with Gasteiger partial charge in [0.05, 0.1) is 21.7 Å². The number of nitro groups is 2. The van der Waals surface area contributed by atoms with E-state index in [2.05, 4.69) is 0 Å². The van der Waals surface area contributed by atoms with Gasteiger partial charge in [0.2, 0.25) is 0 Å². The molecule has 0 saturated heterocycles. The monoisotopic (exact) mass is 536 g/mol. The number of allylic oxidation sites excluding steroid dienone is 2. The lowest BCUT2D eigenvalue weighted by atomic mass is 9.88. The fourth-order valence-corrected chi connectivity index (χ4v) is 3.60. The quantitative estimate of drug-likeness (QED) is 0.170. The maximum absolute atomic E-state index is 13.2. The maximum atomic E-state index is 13.2. The van der Waals surface area contributed by atoms with Crippen molar-refractivity contribution in [2.45, 2.75) is 77.8 Å². The maximum Gasteiger partial charge on any atom is 0.510 e. The van der Waals surface area contributed by atoms with Gasteiger partial charge >= 0.3 is 18.1 Å². The summed E-state index contributed by atoms with van der Waals surface area (Å²) in [6, 6.07) is 0. The van der Waals surface area contributed by atoms with Gasteiger partial charge in [-0.15, -0.1) is 0 Å². The van der Waals surface area contributed by atoms with Crippen molar-refractivity contribution in [3.05, 3.63) is 68.1 Å². The average Bonchev–Trinajstić information content (AvgIpc) is 2.84. The Hall–Kier alpha value is -4.03. The molecule has 0 aromatic carbocycles. The Balaban J connectivity index is 2.36. The molecule has 4 atom stereocenters. The van der Waals surface area contributed by atoms with Gasteiger partial charge in [-0.3, -0.25) is 29.8 Å². The number of ether oxygens (including phenoxy) is 4. The second kappa shape index (κ2) is 12.0. The van der Waals surface area contributed by atoms with E-state index >= 15 is 0 Å². The van der Waals surface area contributed by atoms with Crippen molar-refractivity contribution in [1.29, 1.82) is 0 Å². The standard InChI is InChI=1S/C25H32N2O11/c1-15(2)21(28)35-17(5)24(11-7-19(8-12-24)26(31)32)37-23(30)38-25(18(6)36-22(29)16(3)4)13-9-20(10-14-25)27(33)34/h7-11,13,15-18H,12,14H2,1-6H3. The van der Waals surface area contributed by atoms with E-state index in [-0.39, 0.29) is 24.2 Å². The molecular weight excluding hydrogens is 504 g/mol. The first kappa shape index (κ1) is 30.2. The number of carbonyl (C=O) groups excluding carboxylic acids is 3. The van der Waals surface area contributed by atoms with Gasteiger partial charge in [-0.1, -0.05) is 27.7 Å². The Morgan fingerprint density at radius 3 is 1.32 bits per heavy atom. The van der Waals surface area contributed by atoms with Crippen molar-refractivity contribution >= 4 is 18.1 Å². The molecule has 13 nitrogen and oxygen atoms in total. The van der Waals surface area contributed by atoms with Crippen LogP contribution in [0.1, 0.15) is 54.4 Å². The topological polar surface area (TPSA) is 174 Å². The predicted molar refractivity (Wildman–Crippen MR) is 131 cm³/mol. The Morgan fingerprint density at radius 2 is 1.08 bits per heavy atom. The van der Waals surface area contributed by atoms with Gasteiger partial charge in [-0.05, 0) is 38.2 Å². The summed E-state index contributed by atoms with van der Waals surface area (Å²) in [5.41, 5.74) is -3.78. The number of hydrogen-bond acceptors (Lipinski definition) is 11. The SMILES string of the molecule is CC(C)C(=O)OC(C)C1(OC(=O)OC2(C(C)OC(=O)C(C)C)C=CC([N+](=O)[O-])=CC2)C=CC([N+](=O)[O-])=CC1. The van der Waals surface area contributed by atoms with Gasteiger partial charge in [-0.25, -0.2) is 4.79 Å². The minimum atomic E-state index is -1.65. The molecule has 0 aromatic heterocycles. The number of hydrogen-bond donors (Lipinski definition) is 0. The van der Waals surface area contributed by atoms with E-state index in [1.165, 1.54) is 38.2 Å². The van der Waals surface area contributed by atoms with Crippen LogP contribution in [0.25, 0.3) is 0 Å². The highest BCUT2D eigenvalue weighted by molar-refractivity contribution is 5.72. The smallest absolute Gasteiger partial charge is 0.458 e. The molecule has 0 amide bonds. The first-order valence-electron chi connectivity index (χ1n) is 12.0.